The second-order valence-electron chi connectivity index (χ2n) is 7.62. The Hall–Kier alpha value is -0.346. The van der Waals surface area contributed by atoms with Crippen molar-refractivity contribution in [3.63, 3.8) is 0 Å². The Balaban J connectivity index is 3.62. The molecule has 0 aliphatic rings. The summed E-state index contributed by atoms with van der Waals surface area (Å²) in [6.07, 6.45) is 0. The number of benzene rings is 1. The number of rotatable bonds is 2. The number of hydrogen-bond acceptors (Lipinski definition) is 0. The molecule has 0 fully saturated rings. The van der Waals surface area contributed by atoms with Crippen LogP contribution >= 0.6 is 0 Å². The van der Waals surface area contributed by atoms with Crippen LogP contribution in [0.5, 0.6) is 0 Å². The normalized spacial score (nSPS) is 14.1. The summed E-state index contributed by atoms with van der Waals surface area (Å²) in [4.78, 5) is 0. The van der Waals surface area contributed by atoms with Gasteiger partial charge in [-0.05, 0) is 10.1 Å². The van der Waals surface area contributed by atoms with Gasteiger partial charge in [-0.2, -0.15) is 0 Å². The van der Waals surface area contributed by atoms with E-state index in [0.717, 1.165) is 0 Å². The van der Waals surface area contributed by atoms with Gasteiger partial charge in [0.1, 0.15) is 0 Å². The van der Waals surface area contributed by atoms with Gasteiger partial charge in [0.05, 0.1) is 7.59 Å². The van der Waals surface area contributed by atoms with Crippen molar-refractivity contribution >= 4 is 21.1 Å². The number of hydrogen-bond donors (Lipinski definition) is 0. The van der Waals surface area contributed by atoms with Crippen LogP contribution in [0.4, 0.5) is 0 Å². The standard InChI is InChI=1S/C16H29Si2/c1-15(2,3)18(17(7)8,16(4,5)6)14-12-10-9-11-13-14/h9-13H,1-8H3. The minimum absolute atomic E-state index is 0.360. The second kappa shape index (κ2) is 4.97. The van der Waals surface area contributed by atoms with Gasteiger partial charge in [-0.25, -0.2) is 0 Å². The molecule has 101 valence electrons. The molecule has 0 unspecified atom stereocenters. The lowest BCUT2D eigenvalue weighted by Crippen LogP contribution is -2.69. The third-order valence-corrected chi connectivity index (χ3v) is 21.3. The highest BCUT2D eigenvalue weighted by molar-refractivity contribution is 7.40. The van der Waals surface area contributed by atoms with Crippen LogP contribution in [0.25, 0.3) is 0 Å². The predicted octanol–water partition coefficient (Wildman–Crippen LogP) is 4.78. The average Bonchev–Trinajstić information content (AvgIpc) is 2.14. The topological polar surface area (TPSA) is 0 Å². The quantitative estimate of drug-likeness (QED) is 0.683. The van der Waals surface area contributed by atoms with Crippen LogP contribution in [0.3, 0.4) is 0 Å². The van der Waals surface area contributed by atoms with E-state index in [1.807, 2.05) is 0 Å². The van der Waals surface area contributed by atoms with Crippen molar-refractivity contribution in [2.45, 2.75) is 64.7 Å². The van der Waals surface area contributed by atoms with Gasteiger partial charge in [-0.3, -0.25) is 0 Å². The molecule has 0 aliphatic heterocycles. The molecule has 0 aliphatic carbocycles. The van der Waals surface area contributed by atoms with Gasteiger partial charge in [0.25, 0.3) is 0 Å². The molecule has 1 rings (SSSR count). The Kier molecular flexibility index (Phi) is 4.34. The molecule has 1 radical (unpaired) electrons. The molecule has 1 aromatic rings. The van der Waals surface area contributed by atoms with Gasteiger partial charge in [-0.1, -0.05) is 90.2 Å². The van der Waals surface area contributed by atoms with Crippen LogP contribution in [0.15, 0.2) is 30.3 Å². The van der Waals surface area contributed by atoms with Gasteiger partial charge < -0.3 is 0 Å². The van der Waals surface area contributed by atoms with Crippen LogP contribution in [0.1, 0.15) is 41.5 Å². The van der Waals surface area contributed by atoms with Crippen LogP contribution < -0.4 is 5.19 Å². The van der Waals surface area contributed by atoms with E-state index < -0.39 is 7.59 Å². The summed E-state index contributed by atoms with van der Waals surface area (Å²) in [5, 5.41) is 2.47. The molecule has 0 heterocycles. The Morgan fingerprint density at radius 2 is 1.17 bits per heavy atom. The summed E-state index contributed by atoms with van der Waals surface area (Å²) in [5.41, 5.74) is 0. The van der Waals surface area contributed by atoms with E-state index >= 15 is 0 Å². The lowest BCUT2D eigenvalue weighted by molar-refractivity contribution is 0.642. The molecular formula is C16H29Si2. The lowest BCUT2D eigenvalue weighted by atomic mass is 10.2. The molecule has 0 N–H and O–H groups in total. The van der Waals surface area contributed by atoms with Gasteiger partial charge >= 0.3 is 0 Å². The minimum atomic E-state index is -1.55. The fourth-order valence-electron chi connectivity index (χ4n) is 4.47. The first kappa shape index (κ1) is 15.7. The Labute approximate surface area is 116 Å². The van der Waals surface area contributed by atoms with E-state index in [-0.39, 0.29) is 8.31 Å². The summed E-state index contributed by atoms with van der Waals surface area (Å²) >= 11 is 0. The smallest absolute Gasteiger partial charge is 0.0729 e. The SMILES string of the molecule is C[Si](C)[Si](c1ccccc1)(C(C)(C)C)C(C)(C)C. The maximum absolute atomic E-state index is 2.53. The molecule has 0 saturated heterocycles. The first-order valence-corrected chi connectivity index (χ1v) is 12.4. The monoisotopic (exact) mass is 277 g/mol. The molecule has 0 saturated carbocycles. The molecule has 0 amide bonds. The summed E-state index contributed by atoms with van der Waals surface area (Å²) in [7, 11) is -1.91. The van der Waals surface area contributed by atoms with Crippen LogP contribution in [-0.4, -0.2) is 15.9 Å². The zero-order chi connectivity index (χ0) is 14.2. The minimum Gasteiger partial charge on any atom is -0.0729 e. The molecule has 18 heavy (non-hydrogen) atoms. The van der Waals surface area contributed by atoms with Crippen molar-refractivity contribution in [2.75, 3.05) is 0 Å². The molecule has 0 aromatic heterocycles. The average molecular weight is 278 g/mol. The van der Waals surface area contributed by atoms with E-state index in [1.165, 1.54) is 0 Å². The summed E-state index contributed by atoms with van der Waals surface area (Å²) in [6, 6.07) is 11.4. The van der Waals surface area contributed by atoms with E-state index in [2.05, 4.69) is 85.0 Å². The van der Waals surface area contributed by atoms with Crippen molar-refractivity contribution < 1.29 is 0 Å². The molecular weight excluding hydrogens is 248 g/mol. The van der Waals surface area contributed by atoms with Crippen molar-refractivity contribution in [1.29, 1.82) is 0 Å². The van der Waals surface area contributed by atoms with Gasteiger partial charge in [0.2, 0.25) is 0 Å². The molecule has 0 atom stereocenters. The fourth-order valence-corrected chi connectivity index (χ4v) is 24.0. The van der Waals surface area contributed by atoms with Crippen molar-refractivity contribution in [1.82, 2.24) is 0 Å². The highest BCUT2D eigenvalue weighted by atomic mass is 29.2. The maximum atomic E-state index is 2.53. The fraction of sp³-hybridized carbons (Fsp3) is 0.625. The van der Waals surface area contributed by atoms with Crippen LogP contribution in [0.2, 0.25) is 23.2 Å². The second-order valence-corrected chi connectivity index (χ2v) is 19.9. The third kappa shape index (κ3) is 2.37. The molecule has 0 nitrogen and oxygen atoms in total. The predicted molar refractivity (Wildman–Crippen MR) is 88.7 cm³/mol. The van der Waals surface area contributed by atoms with Gasteiger partial charge in [-0.15, -0.1) is 0 Å². The van der Waals surface area contributed by atoms with Crippen molar-refractivity contribution in [2.24, 2.45) is 0 Å². The van der Waals surface area contributed by atoms with Crippen molar-refractivity contribution in [3.05, 3.63) is 30.3 Å². The van der Waals surface area contributed by atoms with E-state index in [9.17, 15) is 0 Å². The van der Waals surface area contributed by atoms with E-state index in [4.69, 9.17) is 0 Å². The first-order chi connectivity index (χ1) is 8.05. The molecule has 0 bridgehead atoms. The Morgan fingerprint density at radius 1 is 0.778 bits per heavy atom. The largest absolute Gasteiger partial charge is 0.0874 e. The Bertz CT molecular complexity index is 366. The van der Waals surface area contributed by atoms with Crippen molar-refractivity contribution in [3.8, 4) is 0 Å². The molecule has 1 aromatic carbocycles. The highest BCUT2D eigenvalue weighted by Crippen LogP contribution is 2.51. The summed E-state index contributed by atoms with van der Waals surface area (Å²) in [5.74, 6) is 0. The van der Waals surface area contributed by atoms with E-state index in [0.29, 0.717) is 10.1 Å². The lowest BCUT2D eigenvalue weighted by Gasteiger charge is -2.55. The summed E-state index contributed by atoms with van der Waals surface area (Å²) < 4.78 is 0. The Morgan fingerprint density at radius 3 is 1.44 bits per heavy atom. The summed E-state index contributed by atoms with van der Waals surface area (Å²) in [6.45, 7) is 19.9. The first-order valence-electron chi connectivity index (χ1n) is 6.91. The zero-order valence-electron chi connectivity index (χ0n) is 13.4. The highest BCUT2D eigenvalue weighted by Gasteiger charge is 2.55. The maximum Gasteiger partial charge on any atom is 0.0874 e. The van der Waals surface area contributed by atoms with Crippen LogP contribution in [-0.2, 0) is 0 Å². The van der Waals surface area contributed by atoms with E-state index in [1.54, 1.807) is 5.19 Å². The zero-order valence-corrected chi connectivity index (χ0v) is 15.4. The molecule has 0 spiro atoms. The van der Waals surface area contributed by atoms with Crippen LogP contribution in [0, 0.1) is 0 Å². The third-order valence-electron chi connectivity index (χ3n) is 4.21. The van der Waals surface area contributed by atoms with Gasteiger partial charge in [0.15, 0.2) is 0 Å². The molecule has 2 heteroatoms. The van der Waals surface area contributed by atoms with Gasteiger partial charge in [0, 0.05) is 8.31 Å².